The minimum atomic E-state index is -0.0927. The highest BCUT2D eigenvalue weighted by molar-refractivity contribution is 6.30. The summed E-state index contributed by atoms with van der Waals surface area (Å²) in [6.45, 7) is 2.75. The van der Waals surface area contributed by atoms with Crippen LogP contribution in [0.5, 0.6) is 0 Å². The van der Waals surface area contributed by atoms with Crippen molar-refractivity contribution in [1.82, 2.24) is 19.6 Å². The summed E-state index contributed by atoms with van der Waals surface area (Å²) in [6, 6.07) is 5.66. The Kier molecular flexibility index (Phi) is 4.24. The molecular weight excluding hydrogens is 288 g/mol. The lowest BCUT2D eigenvalue weighted by atomic mass is 10.2. The summed E-state index contributed by atoms with van der Waals surface area (Å²) in [5.41, 5.74) is 1.34. The molecule has 1 atom stereocenters. The fourth-order valence-corrected chi connectivity index (χ4v) is 3.00. The van der Waals surface area contributed by atoms with E-state index in [0.717, 1.165) is 18.8 Å². The van der Waals surface area contributed by atoms with Crippen LogP contribution >= 0.6 is 11.6 Å². The van der Waals surface area contributed by atoms with Crippen molar-refractivity contribution in [2.75, 3.05) is 20.1 Å². The number of fused-ring (bicyclic) bond motifs is 1. The normalized spacial score (nSPS) is 18.7. The third-order valence-electron chi connectivity index (χ3n) is 3.80. The predicted octanol–water partition coefficient (Wildman–Crippen LogP) is 1.53. The molecular formula is C15H19ClN4O. The standard InChI is InChI=1S/C15H19ClN4O/c1-19(9-12-3-2-6-17-12)10-13-7-15(21)20-8-11(16)4-5-14(20)18-13/h4-5,7-8,12,17H,2-3,6,9-10H2,1H3. The average molecular weight is 307 g/mol. The first-order valence-electron chi connectivity index (χ1n) is 7.21. The van der Waals surface area contributed by atoms with Crippen molar-refractivity contribution in [2.45, 2.75) is 25.4 Å². The zero-order valence-corrected chi connectivity index (χ0v) is 12.8. The Balaban J connectivity index is 1.77. The smallest absolute Gasteiger partial charge is 0.258 e. The topological polar surface area (TPSA) is 49.6 Å². The van der Waals surface area contributed by atoms with Gasteiger partial charge in [-0.15, -0.1) is 0 Å². The number of hydrogen-bond acceptors (Lipinski definition) is 4. The first-order chi connectivity index (χ1) is 10.1. The van der Waals surface area contributed by atoms with Gasteiger partial charge in [0.1, 0.15) is 5.65 Å². The van der Waals surface area contributed by atoms with E-state index in [-0.39, 0.29) is 5.56 Å². The van der Waals surface area contributed by atoms with Crippen molar-refractivity contribution in [3.63, 3.8) is 0 Å². The number of nitrogens with one attached hydrogen (secondary N) is 1. The average Bonchev–Trinajstić information content (AvgIpc) is 2.92. The summed E-state index contributed by atoms with van der Waals surface area (Å²) in [6.07, 6.45) is 4.06. The molecule has 0 saturated carbocycles. The van der Waals surface area contributed by atoms with Gasteiger partial charge in [-0.2, -0.15) is 0 Å². The zero-order chi connectivity index (χ0) is 14.8. The van der Waals surface area contributed by atoms with Gasteiger partial charge < -0.3 is 5.32 Å². The molecule has 0 bridgehead atoms. The van der Waals surface area contributed by atoms with E-state index in [2.05, 4.69) is 22.2 Å². The Bertz CT molecular complexity index is 694. The van der Waals surface area contributed by atoms with E-state index in [1.807, 2.05) is 0 Å². The van der Waals surface area contributed by atoms with Crippen molar-refractivity contribution in [3.8, 4) is 0 Å². The van der Waals surface area contributed by atoms with Gasteiger partial charge in [0.15, 0.2) is 0 Å². The van der Waals surface area contributed by atoms with Gasteiger partial charge in [0.25, 0.3) is 5.56 Å². The molecule has 1 unspecified atom stereocenters. The van der Waals surface area contributed by atoms with Gasteiger partial charge in [0.2, 0.25) is 0 Å². The molecule has 21 heavy (non-hydrogen) atoms. The van der Waals surface area contributed by atoms with Crippen LogP contribution in [0, 0.1) is 0 Å². The number of likely N-dealkylation sites (N-methyl/N-ethyl adjacent to an activating group) is 1. The molecule has 5 nitrogen and oxygen atoms in total. The lowest BCUT2D eigenvalue weighted by Gasteiger charge is -2.20. The number of rotatable bonds is 4. The predicted molar refractivity (Wildman–Crippen MR) is 83.8 cm³/mol. The fourth-order valence-electron chi connectivity index (χ4n) is 2.84. The molecule has 0 spiro atoms. The second kappa shape index (κ2) is 6.13. The third kappa shape index (κ3) is 3.43. The van der Waals surface area contributed by atoms with Crippen LogP contribution in [0.4, 0.5) is 0 Å². The van der Waals surface area contributed by atoms with E-state index in [1.54, 1.807) is 24.4 Å². The van der Waals surface area contributed by atoms with Crippen LogP contribution in [0.1, 0.15) is 18.5 Å². The van der Waals surface area contributed by atoms with Gasteiger partial charge in [-0.1, -0.05) is 11.6 Å². The van der Waals surface area contributed by atoms with Crippen molar-refractivity contribution in [2.24, 2.45) is 0 Å². The summed E-state index contributed by atoms with van der Waals surface area (Å²) in [5.74, 6) is 0. The van der Waals surface area contributed by atoms with Crippen LogP contribution in [0.15, 0.2) is 29.2 Å². The van der Waals surface area contributed by atoms with E-state index < -0.39 is 0 Å². The second-order valence-corrected chi connectivity index (χ2v) is 6.09. The number of halogens is 1. The van der Waals surface area contributed by atoms with Gasteiger partial charge in [-0.05, 0) is 38.6 Å². The van der Waals surface area contributed by atoms with Crippen LogP contribution in [0.25, 0.3) is 5.65 Å². The van der Waals surface area contributed by atoms with E-state index >= 15 is 0 Å². The van der Waals surface area contributed by atoms with E-state index in [4.69, 9.17) is 11.6 Å². The van der Waals surface area contributed by atoms with Crippen LogP contribution < -0.4 is 10.9 Å². The maximum absolute atomic E-state index is 12.1. The fraction of sp³-hybridized carbons (Fsp3) is 0.467. The minimum absolute atomic E-state index is 0.0927. The number of nitrogens with zero attached hydrogens (tertiary/aromatic N) is 3. The van der Waals surface area contributed by atoms with Crippen LogP contribution in [0.3, 0.4) is 0 Å². The third-order valence-corrected chi connectivity index (χ3v) is 4.03. The lowest BCUT2D eigenvalue weighted by Crippen LogP contribution is -2.35. The van der Waals surface area contributed by atoms with Crippen LogP contribution in [-0.4, -0.2) is 40.5 Å². The summed E-state index contributed by atoms with van der Waals surface area (Å²) in [5, 5.41) is 4.01. The highest BCUT2D eigenvalue weighted by Crippen LogP contribution is 2.10. The van der Waals surface area contributed by atoms with Gasteiger partial charge in [-0.3, -0.25) is 14.1 Å². The molecule has 1 saturated heterocycles. The Morgan fingerprint density at radius 2 is 2.38 bits per heavy atom. The summed E-state index contributed by atoms with van der Waals surface area (Å²) in [7, 11) is 2.06. The molecule has 0 radical (unpaired) electrons. The molecule has 112 valence electrons. The van der Waals surface area contributed by atoms with Crippen LogP contribution in [0.2, 0.25) is 5.02 Å². The molecule has 1 aliphatic heterocycles. The maximum Gasteiger partial charge on any atom is 0.258 e. The van der Waals surface area contributed by atoms with Gasteiger partial charge >= 0.3 is 0 Å². The minimum Gasteiger partial charge on any atom is -0.313 e. The van der Waals surface area contributed by atoms with Crippen molar-refractivity contribution in [3.05, 3.63) is 45.5 Å². The van der Waals surface area contributed by atoms with E-state index in [1.165, 1.54) is 17.2 Å². The number of aromatic nitrogens is 2. The molecule has 3 rings (SSSR count). The highest BCUT2D eigenvalue weighted by Gasteiger charge is 2.16. The SMILES string of the molecule is CN(Cc1cc(=O)n2cc(Cl)ccc2n1)CC1CCCN1. The molecule has 0 aliphatic carbocycles. The Hall–Kier alpha value is -1.43. The first-order valence-corrected chi connectivity index (χ1v) is 7.59. The molecule has 1 fully saturated rings. The molecule has 1 aliphatic rings. The van der Waals surface area contributed by atoms with Crippen LogP contribution in [-0.2, 0) is 6.54 Å². The zero-order valence-electron chi connectivity index (χ0n) is 12.1. The first kappa shape index (κ1) is 14.5. The summed E-state index contributed by atoms with van der Waals surface area (Å²) < 4.78 is 1.48. The molecule has 2 aromatic rings. The summed E-state index contributed by atoms with van der Waals surface area (Å²) >= 11 is 5.91. The summed E-state index contributed by atoms with van der Waals surface area (Å²) in [4.78, 5) is 18.9. The monoisotopic (exact) mass is 306 g/mol. The quantitative estimate of drug-likeness (QED) is 0.931. The van der Waals surface area contributed by atoms with Gasteiger partial charge in [0, 0.05) is 31.4 Å². The number of pyridine rings is 1. The van der Waals surface area contributed by atoms with Crippen molar-refractivity contribution < 1.29 is 0 Å². The Morgan fingerprint density at radius 3 is 3.14 bits per heavy atom. The van der Waals surface area contributed by atoms with Crippen molar-refractivity contribution in [1.29, 1.82) is 0 Å². The lowest BCUT2D eigenvalue weighted by molar-refractivity contribution is 0.290. The largest absolute Gasteiger partial charge is 0.313 e. The second-order valence-electron chi connectivity index (χ2n) is 5.65. The Labute approximate surface area is 128 Å². The molecule has 0 amide bonds. The molecule has 1 N–H and O–H groups in total. The molecule has 0 aromatic carbocycles. The molecule has 3 heterocycles. The molecule has 2 aromatic heterocycles. The van der Waals surface area contributed by atoms with Gasteiger partial charge in [0.05, 0.1) is 10.7 Å². The maximum atomic E-state index is 12.1. The van der Waals surface area contributed by atoms with Crippen molar-refractivity contribution >= 4 is 17.2 Å². The highest BCUT2D eigenvalue weighted by atomic mass is 35.5. The van der Waals surface area contributed by atoms with Gasteiger partial charge in [-0.25, -0.2) is 4.98 Å². The molecule has 6 heteroatoms. The number of hydrogen-bond donors (Lipinski definition) is 1. The van der Waals surface area contributed by atoms with E-state index in [0.29, 0.717) is 23.3 Å². The van der Waals surface area contributed by atoms with E-state index in [9.17, 15) is 4.79 Å². The Morgan fingerprint density at radius 1 is 1.52 bits per heavy atom.